The first kappa shape index (κ1) is 17.6. The van der Waals surface area contributed by atoms with Gasteiger partial charge >= 0.3 is 6.03 Å². The quantitative estimate of drug-likeness (QED) is 0.840. The zero-order chi connectivity index (χ0) is 17.0. The van der Waals surface area contributed by atoms with Crippen molar-refractivity contribution < 1.29 is 17.9 Å². The Labute approximate surface area is 137 Å². The fourth-order valence-corrected chi connectivity index (χ4v) is 3.94. The van der Waals surface area contributed by atoms with E-state index in [-0.39, 0.29) is 36.7 Å². The Morgan fingerprint density at radius 2 is 2.00 bits per heavy atom. The van der Waals surface area contributed by atoms with Crippen molar-refractivity contribution in [2.24, 2.45) is 0 Å². The van der Waals surface area contributed by atoms with Crippen LogP contribution in [0.1, 0.15) is 25.5 Å². The lowest BCUT2D eigenvalue weighted by atomic mass is 10.1. The number of hydrogen-bond donors (Lipinski definition) is 0. The highest BCUT2D eigenvalue weighted by Crippen LogP contribution is 2.25. The van der Waals surface area contributed by atoms with Crippen LogP contribution in [0, 0.1) is 0 Å². The molecular formula is C16H24N2O4S. The second-order valence-corrected chi connectivity index (χ2v) is 7.96. The summed E-state index contributed by atoms with van der Waals surface area (Å²) in [6.45, 7) is 4.98. The van der Waals surface area contributed by atoms with E-state index in [4.69, 9.17) is 4.74 Å². The molecule has 128 valence electrons. The topological polar surface area (TPSA) is 66.9 Å². The van der Waals surface area contributed by atoms with Crippen molar-refractivity contribution in [3.63, 3.8) is 0 Å². The van der Waals surface area contributed by atoms with Gasteiger partial charge in [-0.25, -0.2) is 13.2 Å². The normalized spacial score (nSPS) is 18.3. The number of sulfone groups is 1. The number of nitrogens with zero attached hydrogens (tertiary/aromatic N) is 2. The summed E-state index contributed by atoms with van der Waals surface area (Å²) >= 11 is 0. The molecule has 7 heteroatoms. The molecule has 23 heavy (non-hydrogen) atoms. The lowest BCUT2D eigenvalue weighted by molar-refractivity contribution is 0.143. The maximum atomic E-state index is 12.7. The van der Waals surface area contributed by atoms with Gasteiger partial charge in [-0.05, 0) is 31.5 Å². The zero-order valence-corrected chi connectivity index (χ0v) is 14.7. The van der Waals surface area contributed by atoms with Gasteiger partial charge in [-0.2, -0.15) is 0 Å². The lowest BCUT2D eigenvalue weighted by Gasteiger charge is -2.35. The minimum atomic E-state index is -2.99. The van der Waals surface area contributed by atoms with Crippen LogP contribution in [0.4, 0.5) is 4.79 Å². The second kappa shape index (κ2) is 7.21. The molecule has 1 aromatic rings. The molecule has 0 aliphatic carbocycles. The summed E-state index contributed by atoms with van der Waals surface area (Å²) in [6.07, 6.45) is 0. The Hall–Kier alpha value is -1.76. The van der Waals surface area contributed by atoms with Crippen molar-refractivity contribution in [3.8, 4) is 5.75 Å². The highest BCUT2D eigenvalue weighted by molar-refractivity contribution is 7.91. The van der Waals surface area contributed by atoms with Gasteiger partial charge in [-0.3, -0.25) is 0 Å². The Balaban J connectivity index is 2.13. The van der Waals surface area contributed by atoms with Crippen LogP contribution in [0.5, 0.6) is 5.75 Å². The third kappa shape index (κ3) is 4.16. The molecule has 0 bridgehead atoms. The van der Waals surface area contributed by atoms with Crippen molar-refractivity contribution in [2.45, 2.75) is 19.9 Å². The molecule has 1 atom stereocenters. The van der Waals surface area contributed by atoms with E-state index >= 15 is 0 Å². The first-order valence-corrected chi connectivity index (χ1v) is 9.60. The fraction of sp³-hybridized carbons (Fsp3) is 0.562. The van der Waals surface area contributed by atoms with E-state index in [1.807, 2.05) is 38.1 Å². The standard InChI is InChI=1S/C16H24N2O4S/c1-4-18(13(2)14-6-5-7-15(12-14)22-3)16(19)17-8-10-23(20,21)11-9-17/h5-7,12-13H,4,8-11H2,1-3H3. The van der Waals surface area contributed by atoms with E-state index in [0.29, 0.717) is 6.54 Å². The fourth-order valence-electron chi connectivity index (χ4n) is 2.74. The Kier molecular flexibility index (Phi) is 5.51. The highest BCUT2D eigenvalue weighted by Gasteiger charge is 2.30. The van der Waals surface area contributed by atoms with Crippen LogP contribution in [0.15, 0.2) is 24.3 Å². The van der Waals surface area contributed by atoms with E-state index < -0.39 is 9.84 Å². The van der Waals surface area contributed by atoms with Crippen LogP contribution in [-0.2, 0) is 9.84 Å². The molecule has 6 nitrogen and oxygen atoms in total. The van der Waals surface area contributed by atoms with Gasteiger partial charge in [0.15, 0.2) is 9.84 Å². The lowest BCUT2D eigenvalue weighted by Crippen LogP contribution is -2.50. The van der Waals surface area contributed by atoms with Crippen LogP contribution < -0.4 is 4.74 Å². The van der Waals surface area contributed by atoms with Crippen molar-refractivity contribution in [2.75, 3.05) is 38.2 Å². The summed E-state index contributed by atoms with van der Waals surface area (Å²) in [4.78, 5) is 16.1. The first-order valence-electron chi connectivity index (χ1n) is 7.78. The van der Waals surface area contributed by atoms with Gasteiger partial charge in [-0.1, -0.05) is 12.1 Å². The maximum Gasteiger partial charge on any atom is 0.320 e. The summed E-state index contributed by atoms with van der Waals surface area (Å²) in [5.41, 5.74) is 0.990. The molecule has 2 amide bonds. The van der Waals surface area contributed by atoms with Gasteiger partial charge in [0.05, 0.1) is 24.7 Å². The predicted molar refractivity (Wildman–Crippen MR) is 89.4 cm³/mol. The van der Waals surface area contributed by atoms with Crippen molar-refractivity contribution in [1.29, 1.82) is 0 Å². The average molecular weight is 340 g/mol. The Morgan fingerprint density at radius 3 is 2.57 bits per heavy atom. The van der Waals surface area contributed by atoms with Gasteiger partial charge in [0.1, 0.15) is 5.75 Å². The van der Waals surface area contributed by atoms with Gasteiger partial charge in [0, 0.05) is 19.6 Å². The average Bonchev–Trinajstić information content (AvgIpc) is 2.55. The second-order valence-electron chi connectivity index (χ2n) is 5.66. The van der Waals surface area contributed by atoms with Gasteiger partial charge < -0.3 is 14.5 Å². The SMILES string of the molecule is CCN(C(=O)N1CCS(=O)(=O)CC1)C(C)c1cccc(OC)c1. The van der Waals surface area contributed by atoms with Crippen molar-refractivity contribution in [1.82, 2.24) is 9.80 Å². The maximum absolute atomic E-state index is 12.7. The molecule has 1 fully saturated rings. The first-order chi connectivity index (χ1) is 10.9. The van der Waals surface area contributed by atoms with E-state index in [1.54, 1.807) is 16.9 Å². The number of carbonyl (C=O) groups is 1. The molecule has 1 unspecified atom stereocenters. The molecule has 0 spiro atoms. The minimum absolute atomic E-state index is 0.0455. The van der Waals surface area contributed by atoms with Gasteiger partial charge in [-0.15, -0.1) is 0 Å². The van der Waals surface area contributed by atoms with Crippen LogP contribution in [0.3, 0.4) is 0 Å². The number of benzene rings is 1. The van der Waals surface area contributed by atoms with E-state index in [1.165, 1.54) is 0 Å². The van der Waals surface area contributed by atoms with E-state index in [0.717, 1.165) is 11.3 Å². The van der Waals surface area contributed by atoms with Crippen molar-refractivity contribution >= 4 is 15.9 Å². The van der Waals surface area contributed by atoms with Crippen LogP contribution in [0.25, 0.3) is 0 Å². The Bertz CT molecular complexity index is 646. The number of carbonyl (C=O) groups excluding carboxylic acids is 1. The zero-order valence-electron chi connectivity index (χ0n) is 13.9. The molecule has 0 saturated carbocycles. The number of rotatable bonds is 4. The Morgan fingerprint density at radius 1 is 1.35 bits per heavy atom. The molecule has 1 heterocycles. The van der Waals surface area contributed by atoms with E-state index in [2.05, 4.69) is 0 Å². The molecule has 1 saturated heterocycles. The third-order valence-corrected chi connectivity index (χ3v) is 5.85. The molecule has 1 aliphatic rings. The number of amides is 2. The van der Waals surface area contributed by atoms with Gasteiger partial charge in [0.2, 0.25) is 0 Å². The summed E-state index contributed by atoms with van der Waals surface area (Å²) < 4.78 is 28.3. The molecule has 2 rings (SSSR count). The monoisotopic (exact) mass is 340 g/mol. The summed E-state index contributed by atoms with van der Waals surface area (Å²) in [5.74, 6) is 0.843. The number of urea groups is 1. The van der Waals surface area contributed by atoms with E-state index in [9.17, 15) is 13.2 Å². The summed E-state index contributed by atoms with van der Waals surface area (Å²) in [7, 11) is -1.38. The molecule has 0 N–H and O–H groups in total. The van der Waals surface area contributed by atoms with Gasteiger partial charge in [0.25, 0.3) is 0 Å². The largest absolute Gasteiger partial charge is 0.497 e. The smallest absolute Gasteiger partial charge is 0.320 e. The molecule has 1 aliphatic heterocycles. The predicted octanol–water partition coefficient (Wildman–Crippen LogP) is 1.93. The molecule has 1 aromatic carbocycles. The van der Waals surface area contributed by atoms with Crippen LogP contribution >= 0.6 is 0 Å². The molecule has 0 aromatic heterocycles. The highest BCUT2D eigenvalue weighted by atomic mass is 32.2. The van der Waals surface area contributed by atoms with Crippen molar-refractivity contribution in [3.05, 3.63) is 29.8 Å². The summed E-state index contributed by atoms with van der Waals surface area (Å²) in [6, 6.07) is 7.42. The van der Waals surface area contributed by atoms with Crippen LogP contribution in [0.2, 0.25) is 0 Å². The number of hydrogen-bond acceptors (Lipinski definition) is 4. The number of methoxy groups -OCH3 is 1. The summed E-state index contributed by atoms with van der Waals surface area (Å²) in [5, 5.41) is 0. The minimum Gasteiger partial charge on any atom is -0.497 e. The van der Waals surface area contributed by atoms with Crippen LogP contribution in [-0.4, -0.2) is 62.5 Å². The number of ether oxygens (including phenoxy) is 1. The molecular weight excluding hydrogens is 316 g/mol. The third-order valence-electron chi connectivity index (χ3n) is 4.25. The molecule has 0 radical (unpaired) electrons.